The Hall–Kier alpha value is -2.69. The van der Waals surface area contributed by atoms with Gasteiger partial charge in [0.15, 0.2) is 6.54 Å². The molecule has 5 rings (SSSR count). The molecule has 5 heteroatoms. The minimum Gasteiger partial charge on any atom is -0.395 e. The van der Waals surface area contributed by atoms with Crippen LogP contribution in [0.25, 0.3) is 28.1 Å². The molecule has 0 fully saturated rings. The van der Waals surface area contributed by atoms with Gasteiger partial charge in [-0.2, -0.15) is 4.57 Å². The van der Waals surface area contributed by atoms with Crippen LogP contribution in [-0.4, -0.2) is 14.4 Å². The molecule has 0 radical (unpaired) electrons. The zero-order chi connectivity index (χ0) is 12.4. The smallest absolute Gasteiger partial charge is 0.384 e. The maximum atomic E-state index is 6.06. The number of hydrogen-bond donors (Lipinski definition) is 0. The lowest BCUT2D eigenvalue weighted by atomic mass is 10.2. The van der Waals surface area contributed by atoms with Crippen molar-refractivity contribution in [2.75, 3.05) is 0 Å². The van der Waals surface area contributed by atoms with Crippen LogP contribution < -0.4 is 4.57 Å². The van der Waals surface area contributed by atoms with Crippen LogP contribution in [0.1, 0.15) is 5.56 Å². The average Bonchev–Trinajstić information content (AvgIpc) is 3.07. The summed E-state index contributed by atoms with van der Waals surface area (Å²) in [4.78, 5) is 8.31. The molecule has 0 bridgehead atoms. The molecule has 4 aromatic heterocycles. The summed E-state index contributed by atoms with van der Waals surface area (Å²) in [5.74, 6) is 0.896. The Kier molecular flexibility index (Phi) is 1.46. The van der Waals surface area contributed by atoms with Gasteiger partial charge in [0.05, 0.1) is 18.0 Å². The number of fused-ring (bicyclic) bond motifs is 7. The summed E-state index contributed by atoms with van der Waals surface area (Å²) in [6.45, 7) is 0.838. The molecule has 4 aromatic rings. The highest BCUT2D eigenvalue weighted by molar-refractivity contribution is 5.89. The molecule has 1 aliphatic rings. The maximum Gasteiger partial charge on any atom is 0.384 e. The first kappa shape index (κ1) is 9.27. The first-order valence-electron chi connectivity index (χ1n) is 6.12. The molecule has 5 nitrogen and oxygen atoms in total. The van der Waals surface area contributed by atoms with Crippen molar-refractivity contribution in [3.8, 4) is 11.5 Å². The third-order valence-electron chi connectivity index (χ3n) is 3.72. The topological polar surface area (TPSA) is 47.2 Å². The van der Waals surface area contributed by atoms with Crippen LogP contribution in [-0.2, 0) is 6.54 Å². The molecule has 0 aromatic carbocycles. The van der Waals surface area contributed by atoms with E-state index in [0.29, 0.717) is 0 Å². The van der Waals surface area contributed by atoms with Crippen LogP contribution in [0.3, 0.4) is 0 Å². The van der Waals surface area contributed by atoms with Crippen molar-refractivity contribution in [1.82, 2.24) is 14.4 Å². The normalized spacial score (nSPS) is 13.1. The van der Waals surface area contributed by atoms with Gasteiger partial charge in [-0.15, -0.1) is 0 Å². The van der Waals surface area contributed by atoms with Crippen molar-refractivity contribution in [3.63, 3.8) is 0 Å². The van der Waals surface area contributed by atoms with E-state index in [-0.39, 0.29) is 0 Å². The van der Waals surface area contributed by atoms with Gasteiger partial charge < -0.3 is 4.42 Å². The fourth-order valence-electron chi connectivity index (χ4n) is 2.83. The number of hydrogen-bond acceptors (Lipinski definition) is 3. The van der Waals surface area contributed by atoms with E-state index in [2.05, 4.69) is 20.7 Å². The second-order valence-corrected chi connectivity index (χ2v) is 4.74. The highest BCUT2D eigenvalue weighted by atomic mass is 16.4. The molecule has 5 heterocycles. The summed E-state index contributed by atoms with van der Waals surface area (Å²) >= 11 is 0. The largest absolute Gasteiger partial charge is 0.395 e. The Morgan fingerprint density at radius 1 is 1.21 bits per heavy atom. The summed E-state index contributed by atoms with van der Waals surface area (Å²) in [6, 6.07) is 4.01. The van der Waals surface area contributed by atoms with Gasteiger partial charge in [0.1, 0.15) is 5.56 Å². The lowest BCUT2D eigenvalue weighted by molar-refractivity contribution is -0.649. The molecule has 0 N–H and O–H groups in total. The lowest BCUT2D eigenvalue weighted by Crippen LogP contribution is -2.30. The second-order valence-electron chi connectivity index (χ2n) is 4.74. The first-order valence-corrected chi connectivity index (χ1v) is 6.12. The van der Waals surface area contributed by atoms with Crippen molar-refractivity contribution >= 4 is 16.6 Å². The Morgan fingerprint density at radius 3 is 3.16 bits per heavy atom. The molecule has 0 aliphatic carbocycles. The lowest BCUT2D eigenvalue weighted by Gasteiger charge is -1.90. The third-order valence-corrected chi connectivity index (χ3v) is 3.72. The minimum atomic E-state index is 0.838. The van der Waals surface area contributed by atoms with E-state index in [0.717, 1.165) is 34.6 Å². The van der Waals surface area contributed by atoms with Crippen LogP contribution in [0.2, 0.25) is 0 Å². The Morgan fingerprint density at radius 2 is 2.16 bits per heavy atom. The van der Waals surface area contributed by atoms with E-state index in [4.69, 9.17) is 4.42 Å². The molecule has 19 heavy (non-hydrogen) atoms. The highest BCUT2D eigenvalue weighted by Gasteiger charge is 2.35. The molecule has 0 amide bonds. The van der Waals surface area contributed by atoms with Gasteiger partial charge >= 0.3 is 5.89 Å². The molecule has 0 atom stereocenters. The Balaban J connectivity index is 1.93. The van der Waals surface area contributed by atoms with Crippen molar-refractivity contribution in [1.29, 1.82) is 0 Å². The van der Waals surface area contributed by atoms with Gasteiger partial charge in [-0.05, 0) is 12.1 Å². The summed E-state index contributed by atoms with van der Waals surface area (Å²) < 4.78 is 10.2. The monoisotopic (exact) mass is 249 g/mol. The van der Waals surface area contributed by atoms with Crippen molar-refractivity contribution in [2.45, 2.75) is 6.54 Å². The molecular formula is C14H9N4O+. The first-order chi connectivity index (χ1) is 9.42. The molecule has 1 aliphatic heterocycles. The van der Waals surface area contributed by atoms with Crippen molar-refractivity contribution < 1.29 is 8.98 Å². The van der Waals surface area contributed by atoms with Crippen LogP contribution in [0.4, 0.5) is 0 Å². The quantitative estimate of drug-likeness (QED) is 0.393. The number of aromatic nitrogens is 4. The second kappa shape index (κ2) is 3.00. The standard InChI is InChI=1S/C14H9N4O/c1-3-15-5-10-9(1)6-18-12-7-17-8-16-4-2-11(17)13(12)19-14(10)18/h1-5,7-8H,6H2/q+1. The van der Waals surface area contributed by atoms with E-state index in [1.165, 1.54) is 5.56 Å². The average molecular weight is 249 g/mol. The highest BCUT2D eigenvalue weighted by Crippen LogP contribution is 2.32. The summed E-state index contributed by atoms with van der Waals surface area (Å²) in [5, 5.41) is 0. The predicted octanol–water partition coefficient (Wildman–Crippen LogP) is 1.79. The van der Waals surface area contributed by atoms with Gasteiger partial charge in [-0.1, -0.05) is 0 Å². The maximum absolute atomic E-state index is 6.06. The van der Waals surface area contributed by atoms with E-state index in [1.54, 1.807) is 12.5 Å². The van der Waals surface area contributed by atoms with Crippen molar-refractivity contribution in [3.05, 3.63) is 48.8 Å². The molecule has 90 valence electrons. The number of pyridine rings is 1. The third kappa shape index (κ3) is 1.03. The fourth-order valence-corrected chi connectivity index (χ4v) is 2.83. The number of nitrogens with zero attached hydrogens (tertiary/aromatic N) is 4. The zero-order valence-electron chi connectivity index (χ0n) is 9.95. The number of rotatable bonds is 0. The van der Waals surface area contributed by atoms with Gasteiger partial charge in [-0.25, -0.2) is 4.98 Å². The van der Waals surface area contributed by atoms with Crippen molar-refractivity contribution in [2.24, 2.45) is 0 Å². The molecule has 0 spiro atoms. The minimum absolute atomic E-state index is 0.838. The molecular weight excluding hydrogens is 240 g/mol. The van der Waals surface area contributed by atoms with Gasteiger partial charge in [0, 0.05) is 24.2 Å². The van der Waals surface area contributed by atoms with E-state index >= 15 is 0 Å². The summed E-state index contributed by atoms with van der Waals surface area (Å²) in [6.07, 6.45) is 9.32. The van der Waals surface area contributed by atoms with Crippen LogP contribution >= 0.6 is 0 Å². The zero-order valence-corrected chi connectivity index (χ0v) is 9.95. The van der Waals surface area contributed by atoms with Crippen LogP contribution in [0.5, 0.6) is 0 Å². The van der Waals surface area contributed by atoms with E-state index < -0.39 is 0 Å². The van der Waals surface area contributed by atoms with Gasteiger partial charge in [0.25, 0.3) is 5.52 Å². The SMILES string of the molecule is c1cc2c(cn1)-c1oc3c4ccncn4cc3[n+]1C2. The fraction of sp³-hybridized carbons (Fsp3) is 0.0714. The van der Waals surface area contributed by atoms with Gasteiger partial charge in [-0.3, -0.25) is 9.38 Å². The van der Waals surface area contributed by atoms with E-state index in [9.17, 15) is 0 Å². The molecule has 0 saturated carbocycles. The predicted molar refractivity (Wildman–Crippen MR) is 67.5 cm³/mol. The number of oxazole rings is 1. The Bertz CT molecular complexity index is 951. The molecule has 0 saturated heterocycles. The van der Waals surface area contributed by atoms with E-state index in [1.807, 2.05) is 28.9 Å². The molecule has 0 unspecified atom stereocenters. The van der Waals surface area contributed by atoms with Crippen LogP contribution in [0.15, 0.2) is 47.7 Å². The summed E-state index contributed by atoms with van der Waals surface area (Å²) in [7, 11) is 0. The summed E-state index contributed by atoms with van der Waals surface area (Å²) in [5.41, 5.74) is 5.39. The van der Waals surface area contributed by atoms with Gasteiger partial charge in [0.2, 0.25) is 5.58 Å². The Labute approximate surface area is 107 Å². The van der Waals surface area contributed by atoms with Crippen LogP contribution in [0, 0.1) is 0 Å².